The van der Waals surface area contributed by atoms with Crippen LogP contribution in [0.1, 0.15) is 0 Å². The van der Waals surface area contributed by atoms with E-state index in [9.17, 15) is 4.39 Å². The Bertz CT molecular complexity index is 454. The van der Waals surface area contributed by atoms with Crippen LogP contribution in [0.4, 0.5) is 4.39 Å². The van der Waals surface area contributed by atoms with Crippen molar-refractivity contribution in [2.45, 2.75) is 0 Å². The normalized spacial score (nSPS) is 10.5. The van der Waals surface area contributed by atoms with E-state index in [1.807, 2.05) is 0 Å². The van der Waals surface area contributed by atoms with Crippen LogP contribution < -0.4 is 0 Å². The van der Waals surface area contributed by atoms with Gasteiger partial charge in [-0.15, -0.1) is 5.10 Å². The highest BCUT2D eigenvalue weighted by atomic mass is 79.9. The molecule has 1 aromatic heterocycles. The van der Waals surface area contributed by atoms with E-state index in [1.54, 1.807) is 6.07 Å². The Morgan fingerprint density at radius 2 is 2.07 bits per heavy atom. The molecular weight excluding hydrogens is 274 g/mol. The first-order valence-electron chi connectivity index (χ1n) is 3.60. The molecule has 0 atom stereocenters. The number of hydrogen-bond acceptors (Lipinski definition) is 3. The van der Waals surface area contributed by atoms with Crippen molar-refractivity contribution in [1.29, 1.82) is 0 Å². The molecule has 3 nitrogen and oxygen atoms in total. The molecule has 1 aromatic carbocycles. The van der Waals surface area contributed by atoms with Crippen LogP contribution in [0.3, 0.4) is 0 Å². The summed E-state index contributed by atoms with van der Waals surface area (Å²) in [6.45, 7) is 0. The van der Waals surface area contributed by atoms with Gasteiger partial charge in [0.1, 0.15) is 5.82 Å². The molecule has 0 spiro atoms. The van der Waals surface area contributed by atoms with E-state index in [0.29, 0.717) is 10.0 Å². The second-order valence-corrected chi connectivity index (χ2v) is 3.76. The van der Waals surface area contributed by atoms with Gasteiger partial charge in [0.15, 0.2) is 0 Å². The van der Waals surface area contributed by atoms with Gasteiger partial charge in [-0.1, -0.05) is 21.0 Å². The van der Waals surface area contributed by atoms with Crippen molar-refractivity contribution in [3.63, 3.8) is 0 Å². The van der Waals surface area contributed by atoms with Gasteiger partial charge >= 0.3 is 5.35 Å². The molecule has 0 saturated carbocycles. The number of aromatic nitrogens is 2. The van der Waals surface area contributed by atoms with Gasteiger partial charge in [-0.3, -0.25) is 0 Å². The molecule has 72 valence electrons. The molecule has 2 rings (SSSR count). The van der Waals surface area contributed by atoms with Crippen molar-refractivity contribution in [3.05, 3.63) is 33.8 Å². The minimum absolute atomic E-state index is 0.0691. The molecule has 0 aliphatic heterocycles. The monoisotopic (exact) mass is 276 g/mol. The molecule has 0 aliphatic carbocycles. The number of hydrogen-bond donors (Lipinski definition) is 0. The van der Waals surface area contributed by atoms with Gasteiger partial charge in [0, 0.05) is 10.0 Å². The lowest BCUT2D eigenvalue weighted by Crippen LogP contribution is -1.81. The van der Waals surface area contributed by atoms with Crippen molar-refractivity contribution in [3.8, 4) is 11.5 Å². The average Bonchev–Trinajstić information content (AvgIpc) is 2.50. The summed E-state index contributed by atoms with van der Waals surface area (Å²) >= 11 is 8.60. The zero-order chi connectivity index (χ0) is 10.1. The van der Waals surface area contributed by atoms with Crippen LogP contribution in [-0.2, 0) is 0 Å². The Morgan fingerprint density at radius 3 is 2.64 bits per heavy atom. The van der Waals surface area contributed by atoms with E-state index >= 15 is 0 Å². The van der Waals surface area contributed by atoms with Crippen LogP contribution in [0, 0.1) is 5.82 Å². The summed E-state index contributed by atoms with van der Waals surface area (Å²) in [7, 11) is 0. The first-order chi connectivity index (χ1) is 6.65. The molecule has 0 amide bonds. The lowest BCUT2D eigenvalue weighted by molar-refractivity contribution is 0.569. The molecular formula is C8H3BrClFN2O. The Balaban J connectivity index is 2.51. The van der Waals surface area contributed by atoms with Crippen LogP contribution in [0.5, 0.6) is 0 Å². The smallest absolute Gasteiger partial charge is 0.313 e. The molecule has 1 heterocycles. The molecule has 6 heteroatoms. The van der Waals surface area contributed by atoms with Crippen LogP contribution in [0.15, 0.2) is 27.1 Å². The highest BCUT2D eigenvalue weighted by molar-refractivity contribution is 9.10. The number of benzene rings is 1. The van der Waals surface area contributed by atoms with E-state index in [2.05, 4.69) is 26.1 Å². The van der Waals surface area contributed by atoms with Crippen molar-refractivity contribution in [2.24, 2.45) is 0 Å². The highest BCUT2D eigenvalue weighted by Gasteiger charge is 2.08. The second-order valence-electron chi connectivity index (χ2n) is 2.52. The van der Waals surface area contributed by atoms with Crippen LogP contribution in [0.2, 0.25) is 5.35 Å². The molecule has 0 bridgehead atoms. The Kier molecular flexibility index (Phi) is 2.52. The number of halogens is 3. The zero-order valence-electron chi connectivity index (χ0n) is 6.67. The largest absolute Gasteiger partial charge is 0.407 e. The quantitative estimate of drug-likeness (QED) is 0.803. The third-order valence-corrected chi connectivity index (χ3v) is 2.12. The average molecular weight is 277 g/mol. The van der Waals surface area contributed by atoms with E-state index in [0.717, 1.165) is 0 Å². The SMILES string of the molecule is Fc1cc(Br)cc(-c2nnc(Cl)o2)c1. The van der Waals surface area contributed by atoms with Crippen molar-refractivity contribution in [2.75, 3.05) is 0 Å². The third-order valence-electron chi connectivity index (χ3n) is 1.51. The second kappa shape index (κ2) is 3.67. The molecule has 0 N–H and O–H groups in total. The molecule has 14 heavy (non-hydrogen) atoms. The van der Waals surface area contributed by atoms with Gasteiger partial charge < -0.3 is 4.42 Å². The fraction of sp³-hybridized carbons (Fsp3) is 0. The Labute approximate surface area is 92.0 Å². The maximum atomic E-state index is 13.0. The molecule has 0 radical (unpaired) electrons. The van der Waals surface area contributed by atoms with E-state index < -0.39 is 0 Å². The fourth-order valence-electron chi connectivity index (χ4n) is 0.999. The minimum atomic E-state index is -0.385. The van der Waals surface area contributed by atoms with Crippen LogP contribution >= 0.6 is 27.5 Å². The summed E-state index contributed by atoms with van der Waals surface area (Å²) in [5, 5.41) is 7.03. The minimum Gasteiger partial charge on any atom is -0.407 e. The van der Waals surface area contributed by atoms with Crippen molar-refractivity contribution in [1.82, 2.24) is 10.2 Å². The van der Waals surface area contributed by atoms with Gasteiger partial charge in [0.25, 0.3) is 0 Å². The van der Waals surface area contributed by atoms with E-state index in [1.165, 1.54) is 12.1 Å². The molecule has 2 aromatic rings. The van der Waals surface area contributed by atoms with Crippen LogP contribution in [0.25, 0.3) is 11.5 Å². The molecule has 0 fully saturated rings. The number of nitrogens with zero attached hydrogens (tertiary/aromatic N) is 2. The first-order valence-corrected chi connectivity index (χ1v) is 4.78. The topological polar surface area (TPSA) is 38.9 Å². The van der Waals surface area contributed by atoms with Crippen LogP contribution in [-0.4, -0.2) is 10.2 Å². The van der Waals surface area contributed by atoms with Crippen molar-refractivity contribution >= 4 is 27.5 Å². The van der Waals surface area contributed by atoms with E-state index in [-0.39, 0.29) is 17.1 Å². The predicted molar refractivity (Wildman–Crippen MR) is 52.4 cm³/mol. The summed E-state index contributed by atoms with van der Waals surface area (Å²) in [4.78, 5) is 0. The summed E-state index contributed by atoms with van der Waals surface area (Å²) in [5.74, 6) is -0.195. The van der Waals surface area contributed by atoms with Crippen molar-refractivity contribution < 1.29 is 8.81 Å². The van der Waals surface area contributed by atoms with Gasteiger partial charge in [-0.25, -0.2) is 4.39 Å². The van der Waals surface area contributed by atoms with Gasteiger partial charge in [0.2, 0.25) is 5.89 Å². The number of rotatable bonds is 1. The highest BCUT2D eigenvalue weighted by Crippen LogP contribution is 2.24. The van der Waals surface area contributed by atoms with E-state index in [4.69, 9.17) is 16.0 Å². The summed E-state index contributed by atoms with van der Waals surface area (Å²) in [5.41, 5.74) is 0.483. The summed E-state index contributed by atoms with van der Waals surface area (Å²) in [6.07, 6.45) is 0. The first kappa shape index (κ1) is 9.61. The summed E-state index contributed by atoms with van der Waals surface area (Å²) in [6, 6.07) is 4.28. The fourth-order valence-corrected chi connectivity index (χ4v) is 1.58. The molecule has 0 saturated heterocycles. The predicted octanol–water partition coefficient (Wildman–Crippen LogP) is 3.29. The maximum absolute atomic E-state index is 13.0. The maximum Gasteiger partial charge on any atom is 0.313 e. The molecule has 0 aliphatic rings. The van der Waals surface area contributed by atoms with Gasteiger partial charge in [0.05, 0.1) is 0 Å². The lowest BCUT2D eigenvalue weighted by atomic mass is 10.2. The summed E-state index contributed by atoms with van der Waals surface area (Å²) < 4.78 is 18.5. The standard InChI is InChI=1S/C8H3BrClFN2O/c9-5-1-4(2-6(11)3-5)7-12-13-8(10)14-7/h1-3H. The zero-order valence-corrected chi connectivity index (χ0v) is 9.01. The lowest BCUT2D eigenvalue weighted by Gasteiger charge is -1.96. The molecule has 0 unspecified atom stereocenters. The Morgan fingerprint density at radius 1 is 1.29 bits per heavy atom. The third kappa shape index (κ3) is 1.93. The Hall–Kier alpha value is -0.940. The van der Waals surface area contributed by atoms with Gasteiger partial charge in [-0.2, -0.15) is 0 Å². The van der Waals surface area contributed by atoms with Gasteiger partial charge in [-0.05, 0) is 29.8 Å².